The lowest BCUT2D eigenvalue weighted by atomic mass is 9.90. The van der Waals surface area contributed by atoms with Crippen molar-refractivity contribution in [3.63, 3.8) is 0 Å². The van der Waals surface area contributed by atoms with Gasteiger partial charge in [0.15, 0.2) is 8.32 Å². The van der Waals surface area contributed by atoms with Crippen LogP contribution in [0.2, 0.25) is 18.1 Å². The molecule has 0 aromatic heterocycles. The third-order valence-corrected chi connectivity index (χ3v) is 8.78. The first-order valence-electron chi connectivity index (χ1n) is 6.68. The number of alkyl halides is 1. The molecular weight excluding hydrogens is 250 g/mol. The number of rotatable bonds is 4. The number of halogens is 1. The SMILES string of the molecule is CN1CCC(Cl)C(CCC(C)(C)[Si](C)(C)O)C1. The first-order chi connectivity index (χ1) is 7.63. The van der Waals surface area contributed by atoms with Gasteiger partial charge < -0.3 is 9.70 Å². The standard InChI is InChI=1S/C13H28ClNOSi/c1-13(2,17(4,5)16)8-6-11-10-15(3)9-7-12(11)14/h11-12,16H,6-10H2,1-5H3. The van der Waals surface area contributed by atoms with Crippen molar-refractivity contribution in [2.24, 2.45) is 5.92 Å². The Morgan fingerprint density at radius 2 is 2.00 bits per heavy atom. The third-order valence-electron chi connectivity index (χ3n) is 4.64. The number of likely N-dealkylation sites (tertiary alicyclic amines) is 1. The highest BCUT2D eigenvalue weighted by atomic mass is 35.5. The summed E-state index contributed by atoms with van der Waals surface area (Å²) in [7, 11) is 0.107. The maximum atomic E-state index is 10.3. The second-order valence-electron chi connectivity index (χ2n) is 6.81. The molecule has 2 atom stereocenters. The van der Waals surface area contributed by atoms with Gasteiger partial charge in [-0.2, -0.15) is 0 Å². The van der Waals surface area contributed by atoms with Crippen LogP contribution in [-0.4, -0.2) is 43.5 Å². The van der Waals surface area contributed by atoms with Crippen LogP contribution in [0.15, 0.2) is 0 Å². The first kappa shape index (κ1) is 15.5. The summed E-state index contributed by atoms with van der Waals surface area (Å²) in [6.07, 6.45) is 3.33. The van der Waals surface area contributed by atoms with Crippen molar-refractivity contribution >= 4 is 19.9 Å². The fourth-order valence-corrected chi connectivity index (χ4v) is 3.37. The Bertz CT molecular complexity index is 252. The van der Waals surface area contributed by atoms with E-state index in [1.54, 1.807) is 0 Å². The molecule has 0 bridgehead atoms. The van der Waals surface area contributed by atoms with Gasteiger partial charge in [-0.05, 0) is 56.9 Å². The van der Waals surface area contributed by atoms with Gasteiger partial charge in [-0.3, -0.25) is 0 Å². The van der Waals surface area contributed by atoms with Crippen molar-refractivity contribution in [1.82, 2.24) is 4.90 Å². The van der Waals surface area contributed by atoms with E-state index in [1.807, 2.05) is 13.1 Å². The normalized spacial score (nSPS) is 28.4. The summed E-state index contributed by atoms with van der Waals surface area (Å²) in [5, 5.41) is 0.407. The molecule has 1 N–H and O–H groups in total. The average Bonchev–Trinajstić information content (AvgIpc) is 2.18. The number of hydrogen-bond donors (Lipinski definition) is 1. The largest absolute Gasteiger partial charge is 0.432 e. The van der Waals surface area contributed by atoms with Crippen LogP contribution >= 0.6 is 11.6 Å². The molecule has 0 saturated carbocycles. The van der Waals surface area contributed by atoms with Crippen LogP contribution in [0.25, 0.3) is 0 Å². The lowest BCUT2D eigenvalue weighted by Gasteiger charge is -2.39. The summed E-state index contributed by atoms with van der Waals surface area (Å²) in [5.41, 5.74) is 0. The molecule has 0 spiro atoms. The number of nitrogens with zero attached hydrogens (tertiary/aromatic N) is 1. The van der Waals surface area contributed by atoms with Crippen molar-refractivity contribution in [3.05, 3.63) is 0 Å². The van der Waals surface area contributed by atoms with Crippen LogP contribution in [0, 0.1) is 5.92 Å². The smallest absolute Gasteiger partial charge is 0.188 e. The Morgan fingerprint density at radius 3 is 2.53 bits per heavy atom. The maximum Gasteiger partial charge on any atom is 0.188 e. The summed E-state index contributed by atoms with van der Waals surface area (Å²) in [6, 6.07) is 0. The molecule has 1 rings (SSSR count). The van der Waals surface area contributed by atoms with E-state index in [-0.39, 0.29) is 5.04 Å². The molecule has 0 radical (unpaired) electrons. The maximum absolute atomic E-state index is 10.3. The van der Waals surface area contributed by atoms with Crippen LogP contribution < -0.4 is 0 Å². The molecule has 102 valence electrons. The minimum Gasteiger partial charge on any atom is -0.432 e. The van der Waals surface area contributed by atoms with Crippen LogP contribution in [0.3, 0.4) is 0 Å². The van der Waals surface area contributed by atoms with Crippen molar-refractivity contribution in [3.8, 4) is 0 Å². The molecule has 0 aromatic rings. The molecule has 0 aromatic carbocycles. The summed E-state index contributed by atoms with van der Waals surface area (Å²) in [5.74, 6) is 0.589. The second-order valence-corrected chi connectivity index (χ2v) is 11.8. The highest BCUT2D eigenvalue weighted by Crippen LogP contribution is 2.42. The average molecular weight is 278 g/mol. The monoisotopic (exact) mass is 277 g/mol. The molecular formula is C13H28ClNOSi. The molecule has 17 heavy (non-hydrogen) atoms. The summed E-state index contributed by atoms with van der Waals surface area (Å²) < 4.78 is 0. The summed E-state index contributed by atoms with van der Waals surface area (Å²) in [4.78, 5) is 12.7. The predicted octanol–water partition coefficient (Wildman–Crippen LogP) is 3.30. The Labute approximate surface area is 112 Å². The van der Waals surface area contributed by atoms with E-state index >= 15 is 0 Å². The Morgan fingerprint density at radius 1 is 1.41 bits per heavy atom. The van der Waals surface area contributed by atoms with E-state index in [0.717, 1.165) is 32.4 Å². The molecule has 2 unspecified atom stereocenters. The van der Waals surface area contributed by atoms with Gasteiger partial charge >= 0.3 is 0 Å². The first-order valence-corrected chi connectivity index (χ1v) is 10.1. The third kappa shape index (κ3) is 4.23. The minimum absolute atomic E-state index is 0.0830. The molecule has 1 heterocycles. The molecule has 0 aliphatic carbocycles. The molecule has 0 amide bonds. The van der Waals surface area contributed by atoms with E-state index in [2.05, 4.69) is 25.8 Å². The molecule has 1 saturated heterocycles. The van der Waals surface area contributed by atoms with Crippen LogP contribution in [-0.2, 0) is 0 Å². The Balaban J connectivity index is 2.49. The zero-order valence-corrected chi connectivity index (χ0v) is 13.7. The topological polar surface area (TPSA) is 23.5 Å². The van der Waals surface area contributed by atoms with Crippen molar-refractivity contribution < 1.29 is 4.80 Å². The van der Waals surface area contributed by atoms with Gasteiger partial charge in [0.05, 0.1) is 0 Å². The quantitative estimate of drug-likeness (QED) is 0.630. The highest BCUT2D eigenvalue weighted by Gasteiger charge is 2.38. The molecule has 2 nitrogen and oxygen atoms in total. The van der Waals surface area contributed by atoms with Gasteiger partial charge in [0.2, 0.25) is 0 Å². The van der Waals surface area contributed by atoms with Crippen LogP contribution in [0.1, 0.15) is 33.1 Å². The Hall–Kier alpha value is 0.427. The number of hydrogen-bond acceptors (Lipinski definition) is 2. The predicted molar refractivity (Wildman–Crippen MR) is 78.2 cm³/mol. The van der Waals surface area contributed by atoms with Gasteiger partial charge in [0.25, 0.3) is 0 Å². The van der Waals surface area contributed by atoms with Crippen molar-refractivity contribution in [2.45, 2.75) is 56.6 Å². The zero-order chi connectivity index (χ0) is 13.3. The second kappa shape index (κ2) is 5.60. The molecule has 1 aliphatic heterocycles. The van der Waals surface area contributed by atoms with E-state index in [9.17, 15) is 4.80 Å². The Kier molecular flexibility index (Phi) is 5.10. The fourth-order valence-electron chi connectivity index (χ4n) is 2.31. The van der Waals surface area contributed by atoms with Gasteiger partial charge in [-0.25, -0.2) is 0 Å². The zero-order valence-electron chi connectivity index (χ0n) is 12.0. The minimum atomic E-state index is -2.07. The fraction of sp³-hybridized carbons (Fsp3) is 1.00. The van der Waals surface area contributed by atoms with Crippen LogP contribution in [0.5, 0.6) is 0 Å². The summed E-state index contributed by atoms with van der Waals surface area (Å²) in [6.45, 7) is 10.7. The van der Waals surface area contributed by atoms with E-state index in [1.165, 1.54) is 0 Å². The van der Waals surface area contributed by atoms with Gasteiger partial charge in [-0.1, -0.05) is 13.8 Å². The summed E-state index contributed by atoms with van der Waals surface area (Å²) >= 11 is 6.41. The van der Waals surface area contributed by atoms with Crippen molar-refractivity contribution in [1.29, 1.82) is 0 Å². The molecule has 1 fully saturated rings. The van der Waals surface area contributed by atoms with E-state index < -0.39 is 8.32 Å². The van der Waals surface area contributed by atoms with Crippen molar-refractivity contribution in [2.75, 3.05) is 20.1 Å². The van der Waals surface area contributed by atoms with Gasteiger partial charge in [0.1, 0.15) is 0 Å². The van der Waals surface area contributed by atoms with Gasteiger partial charge in [-0.15, -0.1) is 11.6 Å². The highest BCUT2D eigenvalue weighted by molar-refractivity contribution is 6.72. The van der Waals surface area contributed by atoms with Gasteiger partial charge in [0, 0.05) is 11.9 Å². The number of piperidine rings is 1. The lowest BCUT2D eigenvalue weighted by Crippen LogP contribution is -2.42. The lowest BCUT2D eigenvalue weighted by molar-refractivity contribution is 0.199. The van der Waals surface area contributed by atoms with E-state index in [0.29, 0.717) is 11.3 Å². The van der Waals surface area contributed by atoms with Crippen LogP contribution in [0.4, 0.5) is 0 Å². The molecule has 4 heteroatoms. The molecule has 1 aliphatic rings. The van der Waals surface area contributed by atoms with E-state index in [4.69, 9.17) is 11.6 Å².